The largest absolute Gasteiger partial charge is 0.416 e. The second-order valence-electron chi connectivity index (χ2n) is 10.0. The Labute approximate surface area is 241 Å². The van der Waals surface area contributed by atoms with Crippen LogP contribution in [0.2, 0.25) is 0 Å². The van der Waals surface area contributed by atoms with E-state index in [-0.39, 0.29) is 31.4 Å². The van der Waals surface area contributed by atoms with E-state index in [1.54, 1.807) is 42.6 Å². The van der Waals surface area contributed by atoms with Gasteiger partial charge >= 0.3 is 6.18 Å². The molecule has 2 heterocycles. The van der Waals surface area contributed by atoms with E-state index in [4.69, 9.17) is 0 Å². The van der Waals surface area contributed by atoms with Gasteiger partial charge in [0.15, 0.2) is 0 Å². The highest BCUT2D eigenvalue weighted by atomic mass is 19.4. The SMILES string of the molecule is O=C(NCCCc1ccccn1)C(=O)C(Cc1ccccc1)NC(=O)C1CCC(=O)N1Cc1ccccc1C(F)(F)F. The first-order valence-electron chi connectivity index (χ1n) is 13.6. The number of nitrogens with one attached hydrogen (secondary N) is 2. The normalized spacial score (nSPS) is 15.7. The van der Waals surface area contributed by atoms with E-state index in [9.17, 15) is 32.3 Å². The summed E-state index contributed by atoms with van der Waals surface area (Å²) in [5.74, 6) is -2.90. The first-order valence-corrected chi connectivity index (χ1v) is 13.6. The molecular weight excluding hydrogens is 549 g/mol. The lowest BCUT2D eigenvalue weighted by molar-refractivity contribution is -0.142. The minimum absolute atomic E-state index is 0.0182. The molecule has 0 spiro atoms. The molecule has 1 saturated heterocycles. The smallest absolute Gasteiger partial charge is 0.349 e. The van der Waals surface area contributed by atoms with Crippen LogP contribution in [-0.4, -0.2) is 52.0 Å². The van der Waals surface area contributed by atoms with Crippen LogP contribution in [0.3, 0.4) is 0 Å². The van der Waals surface area contributed by atoms with Crippen LogP contribution in [0.5, 0.6) is 0 Å². The number of carbonyl (C=O) groups excluding carboxylic acids is 4. The van der Waals surface area contributed by atoms with Gasteiger partial charge in [-0.2, -0.15) is 13.2 Å². The molecule has 2 aromatic carbocycles. The van der Waals surface area contributed by atoms with Gasteiger partial charge in [-0.3, -0.25) is 24.2 Å². The van der Waals surface area contributed by atoms with Crippen LogP contribution in [-0.2, 0) is 44.7 Å². The number of ketones is 1. The monoisotopic (exact) mass is 580 g/mol. The number of likely N-dealkylation sites (tertiary alicyclic amines) is 1. The Kier molecular flexibility index (Phi) is 10.1. The van der Waals surface area contributed by atoms with Crippen molar-refractivity contribution in [2.45, 2.75) is 56.9 Å². The highest BCUT2D eigenvalue weighted by molar-refractivity contribution is 6.38. The highest BCUT2D eigenvalue weighted by Crippen LogP contribution is 2.33. The number of hydrogen-bond acceptors (Lipinski definition) is 5. The standard InChI is InChI=1S/C31H31F3N4O4/c32-31(33,34)24-14-5-4-11-22(24)20-38-26(15-16-27(38)39)29(41)37-25(19-21-9-2-1-3-10-21)28(40)30(42)36-18-8-13-23-12-6-7-17-35-23/h1-7,9-12,14,17,25-26H,8,13,15-16,18-20H2,(H,36,42)(H,37,41). The van der Waals surface area contributed by atoms with Gasteiger partial charge in [0.2, 0.25) is 17.6 Å². The van der Waals surface area contributed by atoms with Crippen molar-refractivity contribution in [2.24, 2.45) is 0 Å². The van der Waals surface area contributed by atoms with Gasteiger partial charge in [0.05, 0.1) is 5.56 Å². The Hall–Kier alpha value is -4.54. The molecule has 2 atom stereocenters. The lowest BCUT2D eigenvalue weighted by Gasteiger charge is -2.27. The van der Waals surface area contributed by atoms with Gasteiger partial charge < -0.3 is 15.5 Å². The molecule has 0 aliphatic carbocycles. The number of rotatable bonds is 12. The summed E-state index contributed by atoms with van der Waals surface area (Å²) in [5, 5.41) is 5.20. The van der Waals surface area contributed by atoms with Crippen LogP contribution in [0.25, 0.3) is 0 Å². The van der Waals surface area contributed by atoms with Gasteiger partial charge in [-0.1, -0.05) is 54.6 Å². The van der Waals surface area contributed by atoms with Crippen LogP contribution < -0.4 is 10.6 Å². The molecule has 3 amide bonds. The van der Waals surface area contributed by atoms with Crippen molar-refractivity contribution in [3.8, 4) is 0 Å². The molecule has 0 bridgehead atoms. The Morgan fingerprint density at radius 3 is 2.40 bits per heavy atom. The molecule has 2 unspecified atom stereocenters. The van der Waals surface area contributed by atoms with Crippen LogP contribution in [0, 0.1) is 0 Å². The molecule has 1 aromatic heterocycles. The number of alkyl halides is 3. The number of benzene rings is 2. The summed E-state index contributed by atoms with van der Waals surface area (Å²) in [4.78, 5) is 57.4. The predicted octanol–water partition coefficient (Wildman–Crippen LogP) is 3.64. The van der Waals surface area contributed by atoms with Gasteiger partial charge in [0, 0.05) is 37.8 Å². The maximum absolute atomic E-state index is 13.6. The fourth-order valence-corrected chi connectivity index (χ4v) is 4.91. The third kappa shape index (κ3) is 8.02. The molecule has 0 saturated carbocycles. The fourth-order valence-electron chi connectivity index (χ4n) is 4.91. The van der Waals surface area contributed by atoms with Crippen molar-refractivity contribution in [1.29, 1.82) is 0 Å². The number of aryl methyl sites for hydroxylation is 1. The van der Waals surface area contributed by atoms with Crippen molar-refractivity contribution >= 4 is 23.5 Å². The minimum atomic E-state index is -4.63. The summed E-state index contributed by atoms with van der Waals surface area (Å²) in [6, 6.07) is 16.9. The zero-order valence-corrected chi connectivity index (χ0v) is 22.8. The van der Waals surface area contributed by atoms with E-state index in [1.807, 2.05) is 12.1 Å². The van der Waals surface area contributed by atoms with Gasteiger partial charge in [-0.15, -0.1) is 0 Å². The summed E-state index contributed by atoms with van der Waals surface area (Å²) in [5.41, 5.74) is 0.513. The van der Waals surface area contributed by atoms with E-state index < -0.39 is 53.9 Å². The maximum Gasteiger partial charge on any atom is 0.416 e. The van der Waals surface area contributed by atoms with E-state index in [2.05, 4.69) is 15.6 Å². The Bertz CT molecular complexity index is 1400. The number of aromatic nitrogens is 1. The fraction of sp³-hybridized carbons (Fsp3) is 0.323. The average Bonchev–Trinajstić information content (AvgIpc) is 3.35. The molecule has 8 nitrogen and oxygen atoms in total. The maximum atomic E-state index is 13.6. The quantitative estimate of drug-likeness (QED) is 0.251. The van der Waals surface area contributed by atoms with Crippen LogP contribution >= 0.6 is 0 Å². The molecule has 1 aliphatic heterocycles. The molecule has 1 fully saturated rings. The van der Waals surface area contributed by atoms with Crippen molar-refractivity contribution in [1.82, 2.24) is 20.5 Å². The molecule has 2 N–H and O–H groups in total. The number of nitrogens with zero attached hydrogens (tertiary/aromatic N) is 2. The van der Waals surface area contributed by atoms with E-state index in [0.717, 1.165) is 16.7 Å². The minimum Gasteiger partial charge on any atom is -0.349 e. The molecular formula is C31H31F3N4O4. The summed E-state index contributed by atoms with van der Waals surface area (Å²) >= 11 is 0. The Balaban J connectivity index is 1.44. The van der Waals surface area contributed by atoms with Gasteiger partial charge in [0.1, 0.15) is 12.1 Å². The van der Waals surface area contributed by atoms with Gasteiger partial charge in [-0.05, 0) is 48.6 Å². The Morgan fingerprint density at radius 2 is 1.69 bits per heavy atom. The van der Waals surface area contributed by atoms with E-state index in [0.29, 0.717) is 18.4 Å². The number of amides is 3. The van der Waals surface area contributed by atoms with E-state index in [1.165, 1.54) is 18.2 Å². The lowest BCUT2D eigenvalue weighted by atomic mass is 10.0. The third-order valence-corrected chi connectivity index (χ3v) is 7.06. The van der Waals surface area contributed by atoms with Gasteiger partial charge in [-0.25, -0.2) is 0 Å². The number of hydrogen-bond donors (Lipinski definition) is 2. The summed E-state index contributed by atoms with van der Waals surface area (Å²) in [6.45, 7) is -0.197. The molecule has 4 rings (SSSR count). The molecule has 3 aromatic rings. The van der Waals surface area contributed by atoms with Crippen molar-refractivity contribution in [3.63, 3.8) is 0 Å². The molecule has 1 aliphatic rings. The number of halogens is 3. The highest BCUT2D eigenvalue weighted by Gasteiger charge is 2.40. The van der Waals surface area contributed by atoms with Crippen LogP contribution in [0.4, 0.5) is 13.2 Å². The van der Waals surface area contributed by atoms with Gasteiger partial charge in [0.25, 0.3) is 5.91 Å². The molecule has 220 valence electrons. The molecule has 0 radical (unpaired) electrons. The summed E-state index contributed by atoms with van der Waals surface area (Å²) in [7, 11) is 0. The number of pyridine rings is 1. The zero-order valence-electron chi connectivity index (χ0n) is 22.8. The van der Waals surface area contributed by atoms with E-state index >= 15 is 0 Å². The molecule has 42 heavy (non-hydrogen) atoms. The Morgan fingerprint density at radius 1 is 0.976 bits per heavy atom. The van der Waals surface area contributed by atoms with Crippen LogP contribution in [0.1, 0.15) is 41.6 Å². The second kappa shape index (κ2) is 13.9. The van der Waals surface area contributed by atoms with Crippen molar-refractivity contribution in [2.75, 3.05) is 6.54 Å². The zero-order chi connectivity index (χ0) is 30.1. The summed E-state index contributed by atoms with van der Waals surface area (Å²) in [6.07, 6.45) is -1.75. The number of Topliss-reactive ketones (excluding diaryl/α,β-unsaturated/α-hetero) is 1. The summed E-state index contributed by atoms with van der Waals surface area (Å²) < 4.78 is 40.7. The first-order chi connectivity index (χ1) is 20.1. The molecule has 11 heteroatoms. The van der Waals surface area contributed by atoms with Crippen LogP contribution in [0.15, 0.2) is 79.0 Å². The topological polar surface area (TPSA) is 108 Å². The lowest BCUT2D eigenvalue weighted by Crippen LogP contribution is -2.53. The number of carbonyl (C=O) groups is 4. The third-order valence-electron chi connectivity index (χ3n) is 7.06. The second-order valence-corrected chi connectivity index (χ2v) is 10.0. The van der Waals surface area contributed by atoms with Crippen molar-refractivity contribution < 1.29 is 32.3 Å². The first kappa shape index (κ1) is 30.4. The average molecular weight is 581 g/mol. The van der Waals surface area contributed by atoms with Crippen molar-refractivity contribution in [3.05, 3.63) is 101 Å². The predicted molar refractivity (Wildman–Crippen MR) is 148 cm³/mol.